The third-order valence-electron chi connectivity index (χ3n) is 5.49. The van der Waals surface area contributed by atoms with Crippen LogP contribution in [0.1, 0.15) is 35.4 Å². The third-order valence-corrected chi connectivity index (χ3v) is 5.49. The van der Waals surface area contributed by atoms with Crippen LogP contribution >= 0.6 is 0 Å². The van der Waals surface area contributed by atoms with E-state index in [0.717, 1.165) is 24.3 Å². The first kappa shape index (κ1) is 16.3. The van der Waals surface area contributed by atoms with Gasteiger partial charge in [-0.15, -0.1) is 0 Å². The monoisotopic (exact) mass is 340 g/mol. The molecule has 0 saturated heterocycles. The van der Waals surface area contributed by atoms with Crippen LogP contribution in [0.2, 0.25) is 0 Å². The Hall–Kier alpha value is -2.14. The Morgan fingerprint density at radius 1 is 1.24 bits per heavy atom. The van der Waals surface area contributed by atoms with Crippen LogP contribution in [0.5, 0.6) is 0 Å². The molecule has 1 amide bonds. The summed E-state index contributed by atoms with van der Waals surface area (Å²) in [6.45, 7) is 2.20. The summed E-state index contributed by atoms with van der Waals surface area (Å²) in [6.07, 6.45) is 4.53. The van der Waals surface area contributed by atoms with Crippen LogP contribution in [0.4, 0.5) is 0 Å². The molecule has 5 heteroatoms. The van der Waals surface area contributed by atoms with Crippen molar-refractivity contribution >= 4 is 5.91 Å². The average molecular weight is 340 g/mol. The van der Waals surface area contributed by atoms with Crippen molar-refractivity contribution in [2.75, 3.05) is 6.61 Å². The number of carbonyl (C=O) groups excluding carboxylic acids is 1. The Balaban J connectivity index is 1.32. The molecule has 1 aromatic heterocycles. The Morgan fingerprint density at radius 3 is 2.52 bits per heavy atom. The van der Waals surface area contributed by atoms with Gasteiger partial charge < -0.3 is 14.6 Å². The maximum atomic E-state index is 12.3. The van der Waals surface area contributed by atoms with Crippen molar-refractivity contribution in [1.29, 1.82) is 0 Å². The van der Waals surface area contributed by atoms with E-state index in [1.54, 1.807) is 0 Å². The molecule has 1 heterocycles. The lowest BCUT2D eigenvalue weighted by molar-refractivity contribution is -0.127. The van der Waals surface area contributed by atoms with Gasteiger partial charge in [0, 0.05) is 12.1 Å². The van der Waals surface area contributed by atoms with Gasteiger partial charge in [-0.25, -0.2) is 0 Å². The van der Waals surface area contributed by atoms with Crippen LogP contribution in [-0.2, 0) is 29.0 Å². The van der Waals surface area contributed by atoms with Gasteiger partial charge in [-0.2, -0.15) is 0 Å². The smallest absolute Gasteiger partial charge is 0.246 e. The molecule has 2 aliphatic carbocycles. The lowest BCUT2D eigenvalue weighted by Gasteiger charge is -2.23. The van der Waals surface area contributed by atoms with E-state index < -0.39 is 0 Å². The van der Waals surface area contributed by atoms with Gasteiger partial charge in [-0.1, -0.05) is 29.4 Å². The zero-order valence-electron chi connectivity index (χ0n) is 14.5. The molecule has 0 spiro atoms. The molecule has 1 aromatic carbocycles. The van der Waals surface area contributed by atoms with E-state index in [2.05, 4.69) is 34.7 Å². The maximum Gasteiger partial charge on any atom is 0.246 e. The van der Waals surface area contributed by atoms with Crippen LogP contribution in [0.25, 0.3) is 0 Å². The highest BCUT2D eigenvalue weighted by molar-refractivity contribution is 5.77. The summed E-state index contributed by atoms with van der Waals surface area (Å²) in [5.41, 5.74) is 3.62. The fourth-order valence-corrected chi connectivity index (χ4v) is 4.35. The number of benzene rings is 1. The molecular formula is C20H24N2O3. The van der Waals surface area contributed by atoms with Gasteiger partial charge in [-0.3, -0.25) is 4.79 Å². The van der Waals surface area contributed by atoms with Crippen LogP contribution in [0.3, 0.4) is 0 Å². The number of aromatic nitrogens is 1. The normalized spacial score (nSPS) is 24.6. The lowest BCUT2D eigenvalue weighted by Crippen LogP contribution is -2.43. The minimum Gasteiger partial charge on any atom is -0.365 e. The zero-order valence-corrected chi connectivity index (χ0v) is 14.5. The van der Waals surface area contributed by atoms with Gasteiger partial charge >= 0.3 is 0 Å². The van der Waals surface area contributed by atoms with E-state index in [4.69, 9.17) is 9.26 Å². The van der Waals surface area contributed by atoms with Gasteiger partial charge in [0.25, 0.3) is 0 Å². The number of ether oxygens (including phenoxy) is 1. The number of nitrogens with one attached hydrogen (secondary N) is 1. The van der Waals surface area contributed by atoms with Gasteiger partial charge in [0.05, 0.1) is 6.61 Å². The zero-order chi connectivity index (χ0) is 17.2. The number of fused-ring (bicyclic) bond motifs is 3. The Labute approximate surface area is 147 Å². The molecule has 0 radical (unpaired) electrons. The predicted molar refractivity (Wildman–Crippen MR) is 92.9 cm³/mol. The summed E-state index contributed by atoms with van der Waals surface area (Å²) in [5.74, 6) is 1.79. The lowest BCUT2D eigenvalue weighted by atomic mass is 9.94. The first-order chi connectivity index (χ1) is 12.2. The summed E-state index contributed by atoms with van der Waals surface area (Å²) < 4.78 is 10.5. The molecule has 0 aliphatic heterocycles. The number of hydrogen-bond acceptors (Lipinski definition) is 4. The van der Waals surface area contributed by atoms with Crippen molar-refractivity contribution in [3.8, 4) is 0 Å². The Kier molecular flexibility index (Phi) is 4.57. The van der Waals surface area contributed by atoms with E-state index in [-0.39, 0.29) is 18.6 Å². The first-order valence-corrected chi connectivity index (χ1v) is 9.05. The molecule has 1 N–H and O–H groups in total. The molecule has 1 fully saturated rings. The molecule has 132 valence electrons. The van der Waals surface area contributed by atoms with E-state index >= 15 is 0 Å². The molecule has 25 heavy (non-hydrogen) atoms. The molecule has 2 unspecified atom stereocenters. The molecular weight excluding hydrogens is 316 g/mol. The van der Waals surface area contributed by atoms with Gasteiger partial charge in [0.1, 0.15) is 18.1 Å². The Bertz CT molecular complexity index is 722. The minimum atomic E-state index is -0.0342. The largest absolute Gasteiger partial charge is 0.365 e. The summed E-state index contributed by atoms with van der Waals surface area (Å²) in [6, 6.07) is 10.8. The highest BCUT2D eigenvalue weighted by Gasteiger charge is 2.39. The third kappa shape index (κ3) is 3.61. The molecule has 2 atom stereocenters. The summed E-state index contributed by atoms with van der Waals surface area (Å²) in [4.78, 5) is 12.3. The van der Waals surface area contributed by atoms with Crippen molar-refractivity contribution in [2.45, 2.75) is 45.3 Å². The number of hydrogen-bond donors (Lipinski definition) is 1. The van der Waals surface area contributed by atoms with Gasteiger partial charge in [0.15, 0.2) is 0 Å². The quantitative estimate of drug-likeness (QED) is 0.909. The van der Waals surface area contributed by atoms with Crippen LogP contribution in [0, 0.1) is 18.8 Å². The molecule has 2 bridgehead atoms. The fourth-order valence-electron chi connectivity index (χ4n) is 4.35. The molecule has 5 nitrogen and oxygen atoms in total. The Morgan fingerprint density at radius 2 is 1.92 bits per heavy atom. The number of nitrogens with zero attached hydrogens (tertiary/aromatic N) is 1. The van der Waals surface area contributed by atoms with Gasteiger partial charge in [-0.05, 0) is 55.6 Å². The topological polar surface area (TPSA) is 64.4 Å². The molecule has 1 saturated carbocycles. The van der Waals surface area contributed by atoms with E-state index in [1.165, 1.54) is 24.0 Å². The van der Waals surface area contributed by atoms with Crippen molar-refractivity contribution in [1.82, 2.24) is 10.5 Å². The second kappa shape index (κ2) is 7.00. The van der Waals surface area contributed by atoms with Crippen molar-refractivity contribution < 1.29 is 14.1 Å². The molecule has 2 aliphatic rings. The standard InChI is InChI=1S/C20H24N2O3/c1-13-8-18(22-25-13)11-24-12-19(23)21-20-16-6-7-17(20)10-15-5-3-2-4-14(15)9-16/h2-5,8,16-17,20H,6-7,9-12H2,1H3,(H,21,23). The van der Waals surface area contributed by atoms with Crippen molar-refractivity contribution in [3.05, 3.63) is 52.9 Å². The fraction of sp³-hybridized carbons (Fsp3) is 0.500. The molecule has 2 aromatic rings. The second-order valence-electron chi connectivity index (χ2n) is 7.29. The number of carbonyl (C=O) groups is 1. The summed E-state index contributed by atoms with van der Waals surface area (Å²) in [7, 11) is 0. The second-order valence-corrected chi connectivity index (χ2v) is 7.29. The maximum absolute atomic E-state index is 12.3. The summed E-state index contributed by atoms with van der Waals surface area (Å²) in [5, 5.41) is 7.11. The van der Waals surface area contributed by atoms with E-state index in [0.29, 0.717) is 18.4 Å². The van der Waals surface area contributed by atoms with Crippen LogP contribution < -0.4 is 5.32 Å². The van der Waals surface area contributed by atoms with Crippen molar-refractivity contribution in [3.63, 3.8) is 0 Å². The first-order valence-electron chi connectivity index (χ1n) is 9.05. The van der Waals surface area contributed by atoms with Crippen molar-refractivity contribution in [2.24, 2.45) is 11.8 Å². The number of rotatable bonds is 5. The number of aryl methyl sites for hydroxylation is 1. The van der Waals surface area contributed by atoms with E-state index in [9.17, 15) is 4.79 Å². The SMILES string of the molecule is Cc1cc(COCC(=O)NC2C3CCC2Cc2ccccc2C3)no1. The minimum absolute atomic E-state index is 0.0342. The van der Waals surface area contributed by atoms with Crippen LogP contribution in [-0.4, -0.2) is 23.7 Å². The van der Waals surface area contributed by atoms with Gasteiger partial charge in [0.2, 0.25) is 5.91 Å². The van der Waals surface area contributed by atoms with Crippen LogP contribution in [0.15, 0.2) is 34.9 Å². The average Bonchev–Trinajstić information content (AvgIpc) is 3.11. The molecule has 4 rings (SSSR count). The van der Waals surface area contributed by atoms with E-state index in [1.807, 2.05) is 13.0 Å². The summed E-state index contributed by atoms with van der Waals surface area (Å²) >= 11 is 0. The highest BCUT2D eigenvalue weighted by atomic mass is 16.5. The predicted octanol–water partition coefficient (Wildman–Crippen LogP) is 2.81. The number of amides is 1. The highest BCUT2D eigenvalue weighted by Crippen LogP contribution is 2.39.